The molecule has 1 heterocycles. The molecule has 1 aliphatic heterocycles. The minimum atomic E-state index is -0.146. The summed E-state index contributed by atoms with van der Waals surface area (Å²) in [5, 5.41) is 6.21. The average molecular weight is 468 g/mol. The minimum absolute atomic E-state index is 0.0689. The first-order valence-corrected chi connectivity index (χ1v) is 12.1. The van der Waals surface area contributed by atoms with E-state index in [0.29, 0.717) is 53.4 Å². The van der Waals surface area contributed by atoms with Crippen LogP contribution in [0.4, 0.5) is 5.69 Å². The van der Waals surface area contributed by atoms with Crippen molar-refractivity contribution >= 4 is 17.4 Å². The highest BCUT2D eigenvalue weighted by Gasteiger charge is 2.22. The molecule has 0 aliphatic carbocycles. The van der Waals surface area contributed by atoms with Gasteiger partial charge in [0.1, 0.15) is 5.75 Å². The first-order chi connectivity index (χ1) is 16.4. The second kappa shape index (κ2) is 12.4. The van der Waals surface area contributed by atoms with E-state index < -0.39 is 0 Å². The summed E-state index contributed by atoms with van der Waals surface area (Å²) >= 11 is 0. The topological polar surface area (TPSA) is 79.9 Å². The summed E-state index contributed by atoms with van der Waals surface area (Å²) in [6, 6.07) is 12.9. The Kier molecular flexibility index (Phi) is 9.33. The van der Waals surface area contributed by atoms with Crippen LogP contribution in [0.15, 0.2) is 42.5 Å². The summed E-state index contributed by atoms with van der Waals surface area (Å²) in [5.74, 6) is 1.45. The number of hydrogen-bond acceptors (Lipinski definition) is 6. The summed E-state index contributed by atoms with van der Waals surface area (Å²) < 4.78 is 11.0. The Morgan fingerprint density at radius 1 is 1.09 bits per heavy atom. The van der Waals surface area contributed by atoms with E-state index in [0.717, 1.165) is 25.9 Å². The highest BCUT2D eigenvalue weighted by atomic mass is 16.5. The number of para-hydroxylation sites is 1. The lowest BCUT2D eigenvalue weighted by molar-refractivity contribution is -0.119. The fraction of sp³-hybridized carbons (Fsp3) is 0.481. The Bertz CT molecular complexity index is 951. The van der Waals surface area contributed by atoms with Gasteiger partial charge in [0.25, 0.3) is 0 Å². The molecular formula is C27H37N3O4. The van der Waals surface area contributed by atoms with Crippen molar-refractivity contribution in [3.05, 3.63) is 53.6 Å². The standard InChI is InChI=1S/C27H37N3O4/c1-5-34-27-23(26(32)21-9-11-22(33-4)12-10-21)7-6-8-24(27)28-18-25(31)29-17-20-13-15-30(16-14-20)19(2)3/h6-12,19-20,28H,5,13-18H2,1-4H3,(H,29,31). The van der Waals surface area contributed by atoms with Gasteiger partial charge in [-0.3, -0.25) is 9.59 Å². The number of rotatable bonds is 11. The summed E-state index contributed by atoms with van der Waals surface area (Å²) in [6.45, 7) is 9.71. The number of carbonyl (C=O) groups is 2. The first-order valence-electron chi connectivity index (χ1n) is 12.1. The van der Waals surface area contributed by atoms with Crippen molar-refractivity contribution in [2.45, 2.75) is 39.7 Å². The lowest BCUT2D eigenvalue weighted by Gasteiger charge is -2.34. The predicted octanol–water partition coefficient (Wildman–Crippen LogP) is 3.97. The van der Waals surface area contributed by atoms with E-state index in [2.05, 4.69) is 29.4 Å². The van der Waals surface area contributed by atoms with Gasteiger partial charge >= 0.3 is 0 Å². The highest BCUT2D eigenvalue weighted by molar-refractivity contribution is 6.11. The largest absolute Gasteiger partial charge is 0.497 e. The molecule has 0 radical (unpaired) electrons. The summed E-state index contributed by atoms with van der Waals surface area (Å²) in [7, 11) is 1.59. The molecule has 34 heavy (non-hydrogen) atoms. The lowest BCUT2D eigenvalue weighted by atomic mass is 9.96. The Hall–Kier alpha value is -3.06. The second-order valence-electron chi connectivity index (χ2n) is 8.90. The van der Waals surface area contributed by atoms with Gasteiger partial charge in [0, 0.05) is 18.2 Å². The predicted molar refractivity (Wildman–Crippen MR) is 135 cm³/mol. The Morgan fingerprint density at radius 3 is 2.41 bits per heavy atom. The van der Waals surface area contributed by atoms with Crippen LogP contribution in [-0.2, 0) is 4.79 Å². The van der Waals surface area contributed by atoms with E-state index in [4.69, 9.17) is 9.47 Å². The second-order valence-corrected chi connectivity index (χ2v) is 8.90. The molecule has 1 amide bonds. The van der Waals surface area contributed by atoms with Crippen LogP contribution in [0.25, 0.3) is 0 Å². The maximum Gasteiger partial charge on any atom is 0.239 e. The normalized spacial score (nSPS) is 14.6. The van der Waals surface area contributed by atoms with Crippen molar-refractivity contribution < 1.29 is 19.1 Å². The van der Waals surface area contributed by atoms with Crippen LogP contribution < -0.4 is 20.1 Å². The smallest absolute Gasteiger partial charge is 0.239 e. The molecule has 3 rings (SSSR count). The third-order valence-electron chi connectivity index (χ3n) is 6.31. The number of piperidine rings is 1. The van der Waals surface area contributed by atoms with Gasteiger partial charge in [0.15, 0.2) is 11.5 Å². The Labute approximate surface area is 202 Å². The van der Waals surface area contributed by atoms with Crippen LogP contribution in [0, 0.1) is 5.92 Å². The third-order valence-corrected chi connectivity index (χ3v) is 6.31. The number of nitrogens with zero attached hydrogens (tertiary/aromatic N) is 1. The zero-order chi connectivity index (χ0) is 24.5. The van der Waals surface area contributed by atoms with Gasteiger partial charge in [0.05, 0.1) is 31.5 Å². The molecule has 7 heteroatoms. The molecule has 0 unspecified atom stereocenters. The number of nitrogens with one attached hydrogen (secondary N) is 2. The Balaban J connectivity index is 1.59. The summed E-state index contributed by atoms with van der Waals surface area (Å²) in [6.07, 6.45) is 2.21. The molecule has 1 aliphatic rings. The molecule has 1 fully saturated rings. The molecule has 0 aromatic heterocycles. The van der Waals surface area contributed by atoms with Gasteiger partial charge in [-0.25, -0.2) is 0 Å². The van der Waals surface area contributed by atoms with Crippen molar-refractivity contribution in [2.24, 2.45) is 5.92 Å². The molecule has 0 saturated carbocycles. The Morgan fingerprint density at radius 2 is 1.79 bits per heavy atom. The number of carbonyl (C=O) groups excluding carboxylic acids is 2. The fourth-order valence-electron chi connectivity index (χ4n) is 4.22. The number of anilines is 1. The SMILES string of the molecule is CCOc1c(NCC(=O)NCC2CCN(C(C)C)CC2)cccc1C(=O)c1ccc(OC)cc1. The molecule has 2 aromatic carbocycles. The molecular weight excluding hydrogens is 430 g/mol. The number of likely N-dealkylation sites (tertiary alicyclic amines) is 1. The zero-order valence-corrected chi connectivity index (χ0v) is 20.7. The number of hydrogen-bond donors (Lipinski definition) is 2. The monoisotopic (exact) mass is 467 g/mol. The van der Waals surface area contributed by atoms with E-state index >= 15 is 0 Å². The van der Waals surface area contributed by atoms with E-state index in [1.54, 1.807) is 43.5 Å². The van der Waals surface area contributed by atoms with Gasteiger partial charge < -0.3 is 25.0 Å². The van der Waals surface area contributed by atoms with Crippen LogP contribution in [0.1, 0.15) is 49.5 Å². The van der Waals surface area contributed by atoms with Crippen molar-refractivity contribution in [3.8, 4) is 11.5 Å². The molecule has 0 spiro atoms. The highest BCUT2D eigenvalue weighted by Crippen LogP contribution is 2.31. The first kappa shape index (κ1) is 25.6. The van der Waals surface area contributed by atoms with Gasteiger partial charge in [-0.05, 0) is 89.0 Å². The summed E-state index contributed by atoms with van der Waals surface area (Å²) in [5.41, 5.74) is 1.62. The van der Waals surface area contributed by atoms with Crippen molar-refractivity contribution in [3.63, 3.8) is 0 Å². The van der Waals surface area contributed by atoms with E-state index in [1.165, 1.54) is 0 Å². The molecule has 2 aromatic rings. The van der Waals surface area contributed by atoms with Gasteiger partial charge in [-0.15, -0.1) is 0 Å². The molecule has 1 saturated heterocycles. The quantitative estimate of drug-likeness (QED) is 0.487. The number of methoxy groups -OCH3 is 1. The number of ether oxygens (including phenoxy) is 2. The van der Waals surface area contributed by atoms with Gasteiger partial charge in [0.2, 0.25) is 5.91 Å². The van der Waals surface area contributed by atoms with Crippen LogP contribution in [0.2, 0.25) is 0 Å². The van der Waals surface area contributed by atoms with E-state index in [1.807, 2.05) is 13.0 Å². The molecule has 2 N–H and O–H groups in total. The average Bonchev–Trinajstić information content (AvgIpc) is 2.86. The van der Waals surface area contributed by atoms with Gasteiger partial charge in [-0.1, -0.05) is 6.07 Å². The van der Waals surface area contributed by atoms with E-state index in [9.17, 15) is 9.59 Å². The number of benzene rings is 2. The van der Waals surface area contributed by atoms with Crippen molar-refractivity contribution in [1.82, 2.24) is 10.2 Å². The minimum Gasteiger partial charge on any atom is -0.497 e. The third kappa shape index (κ3) is 6.73. The van der Waals surface area contributed by atoms with E-state index in [-0.39, 0.29) is 18.2 Å². The van der Waals surface area contributed by atoms with Crippen LogP contribution >= 0.6 is 0 Å². The van der Waals surface area contributed by atoms with Crippen molar-refractivity contribution in [1.29, 1.82) is 0 Å². The van der Waals surface area contributed by atoms with Gasteiger partial charge in [-0.2, -0.15) is 0 Å². The maximum absolute atomic E-state index is 13.1. The fourth-order valence-corrected chi connectivity index (χ4v) is 4.22. The van der Waals surface area contributed by atoms with Crippen LogP contribution in [0.5, 0.6) is 11.5 Å². The molecule has 0 bridgehead atoms. The molecule has 184 valence electrons. The number of amides is 1. The van der Waals surface area contributed by atoms with Crippen molar-refractivity contribution in [2.75, 3.05) is 45.2 Å². The maximum atomic E-state index is 13.1. The number of ketones is 1. The zero-order valence-electron chi connectivity index (χ0n) is 20.7. The van der Waals surface area contributed by atoms with Crippen LogP contribution in [-0.4, -0.2) is 62.5 Å². The van der Waals surface area contributed by atoms with Crippen LogP contribution in [0.3, 0.4) is 0 Å². The molecule has 7 nitrogen and oxygen atoms in total. The summed E-state index contributed by atoms with van der Waals surface area (Å²) in [4.78, 5) is 28.1. The lowest BCUT2D eigenvalue weighted by Crippen LogP contribution is -2.42. The molecule has 0 atom stereocenters.